The monoisotopic (exact) mass is 630 g/mol. The lowest BCUT2D eigenvalue weighted by atomic mass is 9.72. The molecule has 0 bridgehead atoms. The van der Waals surface area contributed by atoms with E-state index in [0.717, 1.165) is 0 Å². The van der Waals surface area contributed by atoms with Crippen LogP contribution in [0.25, 0.3) is 0 Å². The zero-order valence-corrected chi connectivity index (χ0v) is 24.2. The maximum Gasteiger partial charge on any atom is 0.340 e. The van der Waals surface area contributed by atoms with Crippen molar-refractivity contribution in [1.82, 2.24) is 0 Å². The Kier molecular flexibility index (Phi) is 7.45. The average Bonchev–Trinajstić information content (AvgIpc) is 3.16. The molecule has 0 saturated heterocycles. The molecule has 4 rings (SSSR count). The highest BCUT2D eigenvalue weighted by atomic mass is 79.9. The first kappa shape index (κ1) is 27.2. The van der Waals surface area contributed by atoms with Crippen molar-refractivity contribution >= 4 is 43.8 Å². The van der Waals surface area contributed by atoms with Gasteiger partial charge in [-0.05, 0) is 61.1 Å². The molecular weight excluding hydrogens is 604 g/mol. The van der Waals surface area contributed by atoms with Crippen molar-refractivity contribution in [3.63, 3.8) is 0 Å². The highest BCUT2D eigenvalue weighted by Gasteiger charge is 2.55. The van der Waals surface area contributed by atoms with Gasteiger partial charge in [0, 0.05) is 25.6 Å². The van der Waals surface area contributed by atoms with Crippen LogP contribution in [-0.2, 0) is 36.0 Å². The number of halogens is 2. The molecule has 3 aromatic rings. The Morgan fingerprint density at radius 1 is 0.838 bits per heavy atom. The number of esters is 1. The number of carbonyl (C=O) groups is 2. The molecule has 3 aromatic carbocycles. The second-order valence-electron chi connectivity index (χ2n) is 8.96. The minimum atomic E-state index is -1.89. The smallest absolute Gasteiger partial charge is 0.340 e. The predicted octanol–water partition coefficient (Wildman–Crippen LogP) is 7.03. The van der Waals surface area contributed by atoms with Crippen molar-refractivity contribution in [2.75, 3.05) is 0 Å². The Hall–Kier alpha value is -2.84. The average molecular weight is 632 g/mol. The first-order valence-corrected chi connectivity index (χ1v) is 13.8. The summed E-state index contributed by atoms with van der Waals surface area (Å²) < 4.78 is 7.65. The number of aromatic hydroxyl groups is 2. The molecule has 0 saturated carbocycles. The standard InChI is InChI=1S/C29H28Br2O6/c1-5-14-12-20(30)16(7-3)25(32)22(14)29(23-15(6-2)13-21(31)17(8-4)26(23)33)24-18(27(34)35)10-9-11-19(24)28(36)37-29/h9-13,32-33H,5-8H2,1-4H3,(H,34,35). The zero-order chi connectivity index (χ0) is 27.2. The van der Waals surface area contributed by atoms with Gasteiger partial charge in [-0.3, -0.25) is 0 Å². The zero-order valence-electron chi connectivity index (χ0n) is 21.0. The topological polar surface area (TPSA) is 104 Å². The molecule has 0 atom stereocenters. The van der Waals surface area contributed by atoms with E-state index in [1.807, 2.05) is 39.8 Å². The quantitative estimate of drug-likeness (QED) is 0.242. The minimum absolute atomic E-state index is 0.0877. The first-order chi connectivity index (χ1) is 17.6. The molecule has 37 heavy (non-hydrogen) atoms. The number of carbonyl (C=O) groups excluding carboxylic acids is 1. The van der Waals surface area contributed by atoms with Crippen molar-refractivity contribution in [2.45, 2.75) is 59.0 Å². The van der Waals surface area contributed by atoms with E-state index >= 15 is 0 Å². The molecule has 1 aliphatic rings. The van der Waals surface area contributed by atoms with Crippen LogP contribution in [0.5, 0.6) is 11.5 Å². The van der Waals surface area contributed by atoms with Crippen LogP contribution >= 0.6 is 31.9 Å². The van der Waals surface area contributed by atoms with Gasteiger partial charge in [0.25, 0.3) is 0 Å². The summed E-state index contributed by atoms with van der Waals surface area (Å²) in [5.74, 6) is -2.16. The summed E-state index contributed by atoms with van der Waals surface area (Å²) in [5.41, 5.74) is 1.21. The third kappa shape index (κ3) is 3.96. The number of cyclic esters (lactones) is 1. The lowest BCUT2D eigenvalue weighted by molar-refractivity contribution is 0.0228. The van der Waals surface area contributed by atoms with E-state index in [4.69, 9.17) is 4.74 Å². The van der Waals surface area contributed by atoms with E-state index in [0.29, 0.717) is 56.9 Å². The highest BCUT2D eigenvalue weighted by Crippen LogP contribution is 2.57. The third-order valence-electron chi connectivity index (χ3n) is 7.15. The SMILES string of the molecule is CCc1cc(Br)c(CC)c(O)c1C1(c2c(CC)cc(Br)c(CC)c2O)OC(=O)c2cccc(C(=O)O)c21. The van der Waals surface area contributed by atoms with Crippen LogP contribution in [0.4, 0.5) is 0 Å². The highest BCUT2D eigenvalue weighted by molar-refractivity contribution is 9.10. The number of aryl methyl sites for hydroxylation is 2. The van der Waals surface area contributed by atoms with Gasteiger partial charge in [-0.15, -0.1) is 0 Å². The second kappa shape index (κ2) is 10.1. The van der Waals surface area contributed by atoms with Crippen LogP contribution in [0.1, 0.15) is 87.4 Å². The number of carboxylic acids is 1. The van der Waals surface area contributed by atoms with E-state index in [-0.39, 0.29) is 39.3 Å². The van der Waals surface area contributed by atoms with Crippen LogP contribution in [0.2, 0.25) is 0 Å². The Morgan fingerprint density at radius 2 is 1.32 bits per heavy atom. The van der Waals surface area contributed by atoms with Gasteiger partial charge in [-0.2, -0.15) is 0 Å². The molecule has 0 fully saturated rings. The van der Waals surface area contributed by atoms with E-state index in [1.54, 1.807) is 0 Å². The third-order valence-corrected chi connectivity index (χ3v) is 8.57. The lowest BCUT2D eigenvalue weighted by Crippen LogP contribution is -2.34. The van der Waals surface area contributed by atoms with Crippen LogP contribution < -0.4 is 0 Å². The first-order valence-electron chi connectivity index (χ1n) is 12.3. The number of aromatic carboxylic acids is 1. The van der Waals surface area contributed by atoms with Gasteiger partial charge in [-0.25, -0.2) is 9.59 Å². The minimum Gasteiger partial charge on any atom is -0.507 e. The number of hydrogen-bond acceptors (Lipinski definition) is 5. The van der Waals surface area contributed by atoms with Crippen LogP contribution in [-0.4, -0.2) is 27.3 Å². The Balaban J connectivity index is 2.36. The van der Waals surface area contributed by atoms with E-state index < -0.39 is 17.5 Å². The van der Waals surface area contributed by atoms with Gasteiger partial charge in [0.05, 0.1) is 22.3 Å². The summed E-state index contributed by atoms with van der Waals surface area (Å²) in [7, 11) is 0. The van der Waals surface area contributed by atoms with Gasteiger partial charge in [0.2, 0.25) is 0 Å². The fourth-order valence-electron chi connectivity index (χ4n) is 5.47. The summed E-state index contributed by atoms with van der Waals surface area (Å²) in [4.78, 5) is 26.0. The summed E-state index contributed by atoms with van der Waals surface area (Å²) in [6.07, 6.45) is 1.84. The predicted molar refractivity (Wildman–Crippen MR) is 148 cm³/mol. The molecule has 1 heterocycles. The molecule has 0 amide bonds. The van der Waals surface area contributed by atoms with Gasteiger partial charge in [0.1, 0.15) is 11.5 Å². The van der Waals surface area contributed by atoms with Gasteiger partial charge >= 0.3 is 11.9 Å². The number of fused-ring (bicyclic) bond motifs is 1. The van der Waals surface area contributed by atoms with Crippen molar-refractivity contribution in [3.05, 3.63) is 89.3 Å². The number of benzene rings is 3. The van der Waals surface area contributed by atoms with E-state index in [1.165, 1.54) is 18.2 Å². The Morgan fingerprint density at radius 3 is 1.73 bits per heavy atom. The van der Waals surface area contributed by atoms with Crippen molar-refractivity contribution in [1.29, 1.82) is 0 Å². The van der Waals surface area contributed by atoms with Gasteiger partial charge < -0.3 is 20.1 Å². The number of hydrogen-bond donors (Lipinski definition) is 3. The van der Waals surface area contributed by atoms with E-state index in [9.17, 15) is 24.9 Å². The number of phenolic OH excluding ortho intramolecular Hbond substituents is 2. The van der Waals surface area contributed by atoms with Gasteiger partial charge in [-0.1, -0.05) is 65.6 Å². The molecule has 0 unspecified atom stereocenters. The summed E-state index contributed by atoms with van der Waals surface area (Å²) >= 11 is 7.11. The molecule has 0 radical (unpaired) electrons. The van der Waals surface area contributed by atoms with Crippen LogP contribution in [0, 0.1) is 0 Å². The molecule has 0 aromatic heterocycles. The molecule has 0 aliphatic carbocycles. The molecule has 1 aliphatic heterocycles. The second-order valence-corrected chi connectivity index (χ2v) is 10.7. The Bertz CT molecular complexity index is 1380. The molecule has 6 nitrogen and oxygen atoms in total. The number of rotatable bonds is 7. The number of ether oxygens (including phenoxy) is 1. The summed E-state index contributed by atoms with van der Waals surface area (Å²) in [5, 5.41) is 33.8. The molecule has 3 N–H and O–H groups in total. The van der Waals surface area contributed by atoms with Gasteiger partial charge in [0.15, 0.2) is 5.60 Å². The largest absolute Gasteiger partial charge is 0.507 e. The van der Waals surface area contributed by atoms with Crippen molar-refractivity contribution in [3.8, 4) is 11.5 Å². The molecule has 8 heteroatoms. The molecular formula is C29H28Br2O6. The fourth-order valence-corrected chi connectivity index (χ4v) is 6.96. The van der Waals surface area contributed by atoms with Crippen LogP contribution in [0.3, 0.4) is 0 Å². The van der Waals surface area contributed by atoms with Crippen LogP contribution in [0.15, 0.2) is 39.3 Å². The number of carboxylic acid groups (broad SMARTS) is 1. The number of phenols is 2. The lowest BCUT2D eigenvalue weighted by Gasteiger charge is -2.36. The Labute approximate surface area is 232 Å². The maximum absolute atomic E-state index is 13.5. The van der Waals surface area contributed by atoms with Crippen molar-refractivity contribution in [2.24, 2.45) is 0 Å². The summed E-state index contributed by atoms with van der Waals surface area (Å²) in [6, 6.07) is 8.18. The van der Waals surface area contributed by atoms with Crippen molar-refractivity contribution < 1.29 is 29.6 Å². The summed E-state index contributed by atoms with van der Waals surface area (Å²) in [6.45, 7) is 7.60. The van der Waals surface area contributed by atoms with E-state index in [2.05, 4.69) is 31.9 Å². The molecule has 194 valence electrons. The fraction of sp³-hybridized carbons (Fsp3) is 0.310. The maximum atomic E-state index is 13.5. The normalized spacial score (nSPS) is 13.9. The molecule has 0 spiro atoms.